The molecule has 2 unspecified atom stereocenters. The summed E-state index contributed by atoms with van der Waals surface area (Å²) in [5.74, 6) is 0.189. The Morgan fingerprint density at radius 3 is 2.32 bits per heavy atom. The number of nitrogens with one attached hydrogen (secondary N) is 1. The lowest BCUT2D eigenvalue weighted by Crippen LogP contribution is -2.57. The van der Waals surface area contributed by atoms with Crippen LogP contribution >= 0.6 is 0 Å². The summed E-state index contributed by atoms with van der Waals surface area (Å²) in [6.45, 7) is 8.38. The molecule has 0 aromatic rings. The normalized spacial score (nSPS) is 25.9. The first-order valence-corrected chi connectivity index (χ1v) is 7.62. The summed E-state index contributed by atoms with van der Waals surface area (Å²) in [4.78, 5) is 14.5. The van der Waals surface area contributed by atoms with Gasteiger partial charge < -0.3 is 11.1 Å². The van der Waals surface area contributed by atoms with Gasteiger partial charge in [-0.3, -0.25) is 9.69 Å². The second-order valence-corrected chi connectivity index (χ2v) is 6.50. The molecule has 3 N–H and O–H groups in total. The van der Waals surface area contributed by atoms with Crippen molar-refractivity contribution in [2.24, 2.45) is 11.7 Å². The molecule has 3 atom stereocenters. The Kier molecular flexibility index (Phi) is 6.27. The lowest BCUT2D eigenvalue weighted by molar-refractivity contribution is -0.124. The van der Waals surface area contributed by atoms with E-state index in [1.165, 1.54) is 12.8 Å². The lowest BCUT2D eigenvalue weighted by atomic mass is 9.88. The number of hydrogen-bond acceptors (Lipinski definition) is 3. The zero-order valence-corrected chi connectivity index (χ0v) is 13.1. The van der Waals surface area contributed by atoms with E-state index in [0.717, 1.165) is 12.8 Å². The van der Waals surface area contributed by atoms with Crippen molar-refractivity contribution in [1.29, 1.82) is 0 Å². The first-order valence-electron chi connectivity index (χ1n) is 7.62. The first-order chi connectivity index (χ1) is 8.84. The highest BCUT2D eigenvalue weighted by atomic mass is 16.2. The first kappa shape index (κ1) is 16.4. The highest BCUT2D eigenvalue weighted by molar-refractivity contribution is 5.82. The van der Waals surface area contributed by atoms with E-state index in [1.54, 1.807) is 0 Å². The molecule has 0 saturated heterocycles. The summed E-state index contributed by atoms with van der Waals surface area (Å²) in [5.41, 5.74) is 5.93. The van der Waals surface area contributed by atoms with Gasteiger partial charge in [0, 0.05) is 18.1 Å². The minimum Gasteiger partial charge on any atom is -0.350 e. The second-order valence-electron chi connectivity index (χ2n) is 6.50. The van der Waals surface area contributed by atoms with Gasteiger partial charge in [0.1, 0.15) is 0 Å². The zero-order valence-electron chi connectivity index (χ0n) is 13.1. The smallest absolute Gasteiger partial charge is 0.237 e. The number of amides is 1. The standard InChI is InChI=1S/C15H31N3O/c1-10(2)14(16)15(19)17-12-8-6-7-9-13(12)18(5)11(3)4/h10-14H,6-9,16H2,1-5H3,(H,17,19)/t12?,13-,14?/m0/s1. The van der Waals surface area contributed by atoms with E-state index in [0.29, 0.717) is 12.1 Å². The predicted octanol–water partition coefficient (Wildman–Crippen LogP) is 1.74. The van der Waals surface area contributed by atoms with Crippen molar-refractivity contribution in [3.05, 3.63) is 0 Å². The number of hydrogen-bond donors (Lipinski definition) is 2. The molecule has 4 nitrogen and oxygen atoms in total. The molecule has 0 bridgehead atoms. The minimum atomic E-state index is -0.396. The van der Waals surface area contributed by atoms with Crippen molar-refractivity contribution in [3.8, 4) is 0 Å². The van der Waals surface area contributed by atoms with E-state index in [-0.39, 0.29) is 17.9 Å². The van der Waals surface area contributed by atoms with Crippen LogP contribution in [0.15, 0.2) is 0 Å². The number of carbonyl (C=O) groups is 1. The number of carbonyl (C=O) groups excluding carboxylic acids is 1. The Morgan fingerprint density at radius 2 is 1.79 bits per heavy atom. The van der Waals surface area contributed by atoms with Crippen molar-refractivity contribution in [2.45, 2.75) is 77.5 Å². The molecule has 1 amide bonds. The van der Waals surface area contributed by atoms with Crippen LogP contribution in [0.1, 0.15) is 53.4 Å². The zero-order chi connectivity index (χ0) is 14.6. The molecule has 1 aliphatic carbocycles. The quantitative estimate of drug-likeness (QED) is 0.799. The molecule has 0 heterocycles. The molecule has 0 aromatic heterocycles. The van der Waals surface area contributed by atoms with Gasteiger partial charge in [-0.1, -0.05) is 26.7 Å². The van der Waals surface area contributed by atoms with Crippen LogP contribution in [-0.4, -0.2) is 42.0 Å². The Morgan fingerprint density at radius 1 is 1.21 bits per heavy atom. The van der Waals surface area contributed by atoms with Gasteiger partial charge in [-0.25, -0.2) is 0 Å². The molecule has 112 valence electrons. The molecule has 0 spiro atoms. The van der Waals surface area contributed by atoms with Gasteiger partial charge in [0.05, 0.1) is 6.04 Å². The van der Waals surface area contributed by atoms with Crippen molar-refractivity contribution < 1.29 is 4.79 Å². The third-order valence-corrected chi connectivity index (χ3v) is 4.42. The van der Waals surface area contributed by atoms with Crippen molar-refractivity contribution in [3.63, 3.8) is 0 Å². The maximum absolute atomic E-state index is 12.1. The van der Waals surface area contributed by atoms with Gasteiger partial charge >= 0.3 is 0 Å². The SMILES string of the molecule is CC(C)C(N)C(=O)NC1CCCC[C@@H]1N(C)C(C)C. The largest absolute Gasteiger partial charge is 0.350 e. The summed E-state index contributed by atoms with van der Waals surface area (Å²) in [6, 6.07) is 0.795. The average Bonchev–Trinajstić information content (AvgIpc) is 2.37. The third-order valence-electron chi connectivity index (χ3n) is 4.42. The van der Waals surface area contributed by atoms with E-state index >= 15 is 0 Å². The molecule has 1 fully saturated rings. The lowest BCUT2D eigenvalue weighted by Gasteiger charge is -2.40. The Bertz CT molecular complexity index is 291. The molecule has 1 aliphatic rings. The average molecular weight is 269 g/mol. The van der Waals surface area contributed by atoms with Crippen LogP contribution < -0.4 is 11.1 Å². The maximum Gasteiger partial charge on any atom is 0.237 e. The van der Waals surface area contributed by atoms with E-state index in [4.69, 9.17) is 5.73 Å². The van der Waals surface area contributed by atoms with Crippen LogP contribution in [0.2, 0.25) is 0 Å². The van der Waals surface area contributed by atoms with E-state index in [2.05, 4.69) is 31.1 Å². The fraction of sp³-hybridized carbons (Fsp3) is 0.933. The van der Waals surface area contributed by atoms with Gasteiger partial charge in [0.25, 0.3) is 0 Å². The summed E-state index contributed by atoms with van der Waals surface area (Å²) in [5, 5.41) is 3.18. The molecule has 0 aliphatic heterocycles. The molecular formula is C15H31N3O. The summed E-state index contributed by atoms with van der Waals surface area (Å²) in [7, 11) is 2.15. The van der Waals surface area contributed by atoms with Crippen LogP contribution in [-0.2, 0) is 4.79 Å². The molecular weight excluding hydrogens is 238 g/mol. The molecule has 19 heavy (non-hydrogen) atoms. The van der Waals surface area contributed by atoms with Crippen LogP contribution in [0.5, 0.6) is 0 Å². The second kappa shape index (κ2) is 7.25. The van der Waals surface area contributed by atoms with Gasteiger partial charge in [-0.15, -0.1) is 0 Å². The van der Waals surface area contributed by atoms with E-state index in [1.807, 2.05) is 13.8 Å². The molecule has 1 saturated carbocycles. The monoisotopic (exact) mass is 269 g/mol. The third kappa shape index (κ3) is 4.46. The van der Waals surface area contributed by atoms with Crippen LogP contribution in [0, 0.1) is 5.92 Å². The summed E-state index contributed by atoms with van der Waals surface area (Å²) in [6.07, 6.45) is 4.68. The summed E-state index contributed by atoms with van der Waals surface area (Å²) < 4.78 is 0. The Labute approximate surface area is 118 Å². The fourth-order valence-electron chi connectivity index (χ4n) is 2.73. The highest BCUT2D eigenvalue weighted by Crippen LogP contribution is 2.24. The Balaban J connectivity index is 2.65. The minimum absolute atomic E-state index is 0.00376. The van der Waals surface area contributed by atoms with Crippen LogP contribution in [0.3, 0.4) is 0 Å². The fourth-order valence-corrected chi connectivity index (χ4v) is 2.73. The highest BCUT2D eigenvalue weighted by Gasteiger charge is 2.31. The van der Waals surface area contributed by atoms with Crippen molar-refractivity contribution >= 4 is 5.91 Å². The van der Waals surface area contributed by atoms with Crippen LogP contribution in [0.4, 0.5) is 0 Å². The number of rotatable bonds is 5. The number of nitrogens with two attached hydrogens (primary N) is 1. The van der Waals surface area contributed by atoms with Crippen LogP contribution in [0.25, 0.3) is 0 Å². The van der Waals surface area contributed by atoms with Gasteiger partial charge in [0.15, 0.2) is 0 Å². The predicted molar refractivity (Wildman–Crippen MR) is 79.9 cm³/mol. The van der Waals surface area contributed by atoms with Gasteiger partial charge in [-0.2, -0.15) is 0 Å². The topological polar surface area (TPSA) is 58.4 Å². The van der Waals surface area contributed by atoms with Crippen molar-refractivity contribution in [1.82, 2.24) is 10.2 Å². The summed E-state index contributed by atoms with van der Waals surface area (Å²) >= 11 is 0. The van der Waals surface area contributed by atoms with Gasteiger partial charge in [0.2, 0.25) is 5.91 Å². The van der Waals surface area contributed by atoms with Crippen molar-refractivity contribution in [2.75, 3.05) is 7.05 Å². The Hall–Kier alpha value is -0.610. The van der Waals surface area contributed by atoms with E-state index < -0.39 is 6.04 Å². The molecule has 4 heteroatoms. The van der Waals surface area contributed by atoms with E-state index in [9.17, 15) is 4.79 Å². The number of likely N-dealkylation sites (N-methyl/N-ethyl adjacent to an activating group) is 1. The maximum atomic E-state index is 12.1. The molecule has 1 rings (SSSR count). The number of nitrogens with zero attached hydrogens (tertiary/aromatic N) is 1. The van der Waals surface area contributed by atoms with Gasteiger partial charge in [-0.05, 0) is 39.7 Å². The molecule has 0 aromatic carbocycles. The molecule has 0 radical (unpaired) electrons.